The Labute approximate surface area is 114 Å². The molecule has 106 valence electrons. The molecule has 1 saturated heterocycles. The lowest BCUT2D eigenvalue weighted by molar-refractivity contribution is 0.375. The highest BCUT2D eigenvalue weighted by Gasteiger charge is 2.25. The number of hydrogen-bond acceptors (Lipinski definition) is 5. The van der Waals surface area contributed by atoms with E-state index in [1.165, 1.54) is 18.6 Å². The van der Waals surface area contributed by atoms with Crippen molar-refractivity contribution in [2.24, 2.45) is 5.92 Å². The van der Waals surface area contributed by atoms with Crippen molar-refractivity contribution >= 4 is 10.0 Å². The predicted octanol–water partition coefficient (Wildman–Crippen LogP) is 0.457. The molecule has 0 saturated carbocycles. The average Bonchev–Trinajstić information content (AvgIpc) is 2.46. The highest BCUT2D eigenvalue weighted by atomic mass is 32.2. The van der Waals surface area contributed by atoms with E-state index in [4.69, 9.17) is 0 Å². The molecular formula is C12H20N4O2S. The van der Waals surface area contributed by atoms with Gasteiger partial charge in [0.2, 0.25) is 10.0 Å². The number of piperidine rings is 1. The molecule has 6 nitrogen and oxygen atoms in total. The Kier molecular flexibility index (Phi) is 4.84. The minimum Gasteiger partial charge on any atom is -0.316 e. The molecule has 0 aliphatic carbocycles. The molecule has 0 aromatic carbocycles. The van der Waals surface area contributed by atoms with Gasteiger partial charge in [-0.05, 0) is 38.8 Å². The summed E-state index contributed by atoms with van der Waals surface area (Å²) in [5.74, 6) is 0.373. The fourth-order valence-corrected chi connectivity index (χ4v) is 3.29. The van der Waals surface area contributed by atoms with Gasteiger partial charge in [0.05, 0.1) is 5.69 Å². The van der Waals surface area contributed by atoms with Crippen LogP contribution in [0.2, 0.25) is 0 Å². The van der Waals surface area contributed by atoms with Crippen LogP contribution in [0.1, 0.15) is 30.7 Å². The minimum absolute atomic E-state index is 0.373. The molecule has 1 aliphatic heterocycles. The molecule has 0 amide bonds. The molecule has 0 spiro atoms. The number of aromatic nitrogens is 2. The van der Waals surface area contributed by atoms with Crippen LogP contribution in [-0.2, 0) is 10.0 Å². The van der Waals surface area contributed by atoms with E-state index in [0.717, 1.165) is 25.9 Å². The van der Waals surface area contributed by atoms with E-state index in [1.807, 2.05) is 0 Å². The first kappa shape index (κ1) is 14.4. The molecule has 2 N–H and O–H groups in total. The van der Waals surface area contributed by atoms with Crippen LogP contribution in [-0.4, -0.2) is 38.0 Å². The number of nitrogens with one attached hydrogen (secondary N) is 2. The maximum Gasteiger partial charge on any atom is 0.220 e. The highest BCUT2D eigenvalue weighted by Crippen LogP contribution is 2.18. The third-order valence-electron chi connectivity index (χ3n) is 3.44. The van der Waals surface area contributed by atoms with Crippen LogP contribution >= 0.6 is 0 Å². The van der Waals surface area contributed by atoms with Crippen molar-refractivity contribution in [2.75, 3.05) is 19.6 Å². The van der Waals surface area contributed by atoms with Gasteiger partial charge in [-0.15, -0.1) is 0 Å². The summed E-state index contributed by atoms with van der Waals surface area (Å²) in [6.07, 6.45) is 6.70. The van der Waals surface area contributed by atoms with Crippen LogP contribution in [0.4, 0.5) is 0 Å². The van der Waals surface area contributed by atoms with Gasteiger partial charge in [-0.1, -0.05) is 0 Å². The first-order valence-electron chi connectivity index (χ1n) is 6.54. The summed E-state index contributed by atoms with van der Waals surface area (Å²) in [4.78, 5) is 7.95. The second-order valence-corrected chi connectivity index (χ2v) is 6.96. The largest absolute Gasteiger partial charge is 0.316 e. The number of rotatable bonds is 5. The lowest BCUT2D eigenvalue weighted by Crippen LogP contribution is -2.39. The zero-order chi connectivity index (χ0) is 13.7. The zero-order valence-electron chi connectivity index (χ0n) is 11.0. The first-order valence-corrected chi connectivity index (χ1v) is 8.09. The highest BCUT2D eigenvalue weighted by molar-refractivity contribution is 7.89. The Morgan fingerprint density at radius 1 is 1.53 bits per heavy atom. The number of nitrogens with zero attached hydrogens (tertiary/aromatic N) is 2. The van der Waals surface area contributed by atoms with Gasteiger partial charge >= 0.3 is 0 Å². The van der Waals surface area contributed by atoms with Crippen LogP contribution in [0.5, 0.6) is 0 Å². The third-order valence-corrected chi connectivity index (χ3v) is 5.18. The van der Waals surface area contributed by atoms with Gasteiger partial charge < -0.3 is 5.32 Å². The molecule has 2 rings (SSSR count). The van der Waals surface area contributed by atoms with Crippen LogP contribution < -0.4 is 10.0 Å². The van der Waals surface area contributed by atoms with Crippen LogP contribution in [0, 0.1) is 5.92 Å². The average molecular weight is 284 g/mol. The van der Waals surface area contributed by atoms with Crippen LogP contribution in [0.3, 0.4) is 0 Å². The van der Waals surface area contributed by atoms with Crippen molar-refractivity contribution in [1.29, 1.82) is 0 Å². The summed E-state index contributed by atoms with van der Waals surface area (Å²) >= 11 is 0. The normalized spacial score (nSPS) is 22.1. The van der Waals surface area contributed by atoms with E-state index in [-0.39, 0.29) is 0 Å². The van der Waals surface area contributed by atoms with E-state index in [9.17, 15) is 8.42 Å². The van der Waals surface area contributed by atoms with Gasteiger partial charge in [0.15, 0.2) is 0 Å². The van der Waals surface area contributed by atoms with Gasteiger partial charge in [0.1, 0.15) is 5.25 Å². The van der Waals surface area contributed by atoms with E-state index >= 15 is 0 Å². The Morgan fingerprint density at radius 2 is 2.37 bits per heavy atom. The Hall–Kier alpha value is -1.05. The molecule has 1 fully saturated rings. The summed E-state index contributed by atoms with van der Waals surface area (Å²) in [6.45, 7) is 4.02. The molecule has 0 bridgehead atoms. The summed E-state index contributed by atoms with van der Waals surface area (Å²) in [7, 11) is -3.39. The molecule has 1 aromatic heterocycles. The van der Waals surface area contributed by atoms with Gasteiger partial charge in [0.25, 0.3) is 0 Å². The SMILES string of the molecule is C[C@@H](c1cnccn1)S(=O)(=O)NC[C@@H]1CCCNC1. The van der Waals surface area contributed by atoms with Gasteiger partial charge in [0, 0.05) is 25.1 Å². The number of hydrogen-bond donors (Lipinski definition) is 2. The Bertz CT molecular complexity index is 486. The molecule has 2 atom stereocenters. The molecule has 2 heterocycles. The quantitative estimate of drug-likeness (QED) is 0.820. The minimum atomic E-state index is -3.39. The molecule has 1 aromatic rings. The van der Waals surface area contributed by atoms with E-state index in [2.05, 4.69) is 20.0 Å². The smallest absolute Gasteiger partial charge is 0.220 e. The van der Waals surface area contributed by atoms with E-state index in [0.29, 0.717) is 18.2 Å². The Balaban J connectivity index is 1.94. The van der Waals surface area contributed by atoms with Gasteiger partial charge in [-0.25, -0.2) is 13.1 Å². The van der Waals surface area contributed by atoms with Gasteiger partial charge in [-0.3, -0.25) is 9.97 Å². The fourth-order valence-electron chi connectivity index (χ4n) is 2.14. The molecule has 0 radical (unpaired) electrons. The Morgan fingerprint density at radius 3 is 3.00 bits per heavy atom. The van der Waals surface area contributed by atoms with Crippen molar-refractivity contribution in [2.45, 2.75) is 25.0 Å². The van der Waals surface area contributed by atoms with E-state index < -0.39 is 15.3 Å². The molecule has 0 unspecified atom stereocenters. The van der Waals surface area contributed by atoms with Crippen LogP contribution in [0.25, 0.3) is 0 Å². The summed E-state index contributed by atoms with van der Waals surface area (Å²) < 4.78 is 27.0. The summed E-state index contributed by atoms with van der Waals surface area (Å²) in [6, 6.07) is 0. The maximum atomic E-state index is 12.2. The van der Waals surface area contributed by atoms with Gasteiger partial charge in [-0.2, -0.15) is 0 Å². The van der Waals surface area contributed by atoms with Crippen LogP contribution in [0.15, 0.2) is 18.6 Å². The molecule has 7 heteroatoms. The lowest BCUT2D eigenvalue weighted by atomic mass is 10.0. The topological polar surface area (TPSA) is 84.0 Å². The molecule has 19 heavy (non-hydrogen) atoms. The molecule has 1 aliphatic rings. The standard InChI is InChI=1S/C12H20N4O2S/c1-10(12-9-14-5-6-15-12)19(17,18)16-8-11-3-2-4-13-7-11/h5-6,9-11,13,16H,2-4,7-8H2,1H3/t10-,11+/m0/s1. The second kappa shape index (κ2) is 6.40. The van der Waals surface area contributed by atoms with E-state index in [1.54, 1.807) is 6.92 Å². The summed E-state index contributed by atoms with van der Waals surface area (Å²) in [5, 5.41) is 2.59. The van der Waals surface area contributed by atoms with Crippen molar-refractivity contribution in [3.05, 3.63) is 24.3 Å². The second-order valence-electron chi connectivity index (χ2n) is 4.88. The number of sulfonamides is 1. The maximum absolute atomic E-state index is 12.2. The summed E-state index contributed by atoms with van der Waals surface area (Å²) in [5.41, 5.74) is 0.469. The predicted molar refractivity (Wildman–Crippen MR) is 73.0 cm³/mol. The third kappa shape index (κ3) is 3.95. The lowest BCUT2D eigenvalue weighted by Gasteiger charge is -2.23. The monoisotopic (exact) mass is 284 g/mol. The molecular weight excluding hydrogens is 264 g/mol. The fraction of sp³-hybridized carbons (Fsp3) is 0.667. The first-order chi connectivity index (χ1) is 9.09. The zero-order valence-corrected chi connectivity index (χ0v) is 11.9. The van der Waals surface area contributed by atoms with Crippen molar-refractivity contribution in [3.8, 4) is 0 Å². The van der Waals surface area contributed by atoms with Crippen molar-refractivity contribution < 1.29 is 8.42 Å². The van der Waals surface area contributed by atoms with Crippen molar-refractivity contribution in [1.82, 2.24) is 20.0 Å². The van der Waals surface area contributed by atoms with Crippen molar-refractivity contribution in [3.63, 3.8) is 0 Å².